The van der Waals surface area contributed by atoms with Crippen LogP contribution in [0.15, 0.2) is 150 Å². The molecule has 6 rings (SSSR count). The zero-order valence-corrected chi connectivity index (χ0v) is 21.1. The predicted molar refractivity (Wildman–Crippen MR) is 156 cm³/mol. The molecule has 0 saturated carbocycles. The maximum atomic E-state index is 12.7. The van der Waals surface area contributed by atoms with Gasteiger partial charge in [0.05, 0.1) is 18.1 Å². The van der Waals surface area contributed by atoms with Gasteiger partial charge in [0.1, 0.15) is 5.82 Å². The lowest BCUT2D eigenvalue weighted by Gasteiger charge is -2.27. The smallest absolute Gasteiger partial charge is 0.154 e. The average molecular weight is 497 g/mol. The van der Waals surface area contributed by atoms with E-state index in [1.54, 1.807) is 0 Å². The van der Waals surface area contributed by atoms with E-state index in [-0.39, 0.29) is 0 Å². The monoisotopic (exact) mass is 496 g/mol. The summed E-state index contributed by atoms with van der Waals surface area (Å²) in [6.07, 6.45) is 0.955. The quantitative estimate of drug-likeness (QED) is 0.177. The molecule has 0 aliphatic heterocycles. The van der Waals surface area contributed by atoms with E-state index >= 15 is 0 Å². The van der Waals surface area contributed by atoms with Gasteiger partial charge >= 0.3 is 0 Å². The first-order valence-corrected chi connectivity index (χ1v) is 14.0. The maximum absolute atomic E-state index is 12.7. The Kier molecular flexibility index (Phi) is 6.14. The van der Waals surface area contributed by atoms with Crippen molar-refractivity contribution in [3.8, 4) is 5.69 Å². The van der Waals surface area contributed by atoms with Gasteiger partial charge in [-0.3, -0.25) is 9.36 Å². The van der Waals surface area contributed by atoms with E-state index < -0.39 is 7.05 Å². The molecule has 4 heteroatoms. The standard InChI is InChI=1S/C33H25N2OP/c36-25-31-30-23-13-14-24-32(30)35(26-15-5-1-6-16-26)33(31)34-37(27-17-7-2-8-18-27,28-19-9-3-10-20-28)29-21-11-4-12-22-29/h1-25H. The highest BCUT2D eigenvalue weighted by molar-refractivity contribution is 7.87. The first kappa shape index (κ1) is 23.0. The first-order valence-electron chi connectivity index (χ1n) is 12.3. The van der Waals surface area contributed by atoms with Crippen molar-refractivity contribution < 1.29 is 4.79 Å². The van der Waals surface area contributed by atoms with E-state index in [0.29, 0.717) is 11.4 Å². The molecule has 6 aromatic rings. The number of aromatic nitrogens is 1. The second-order valence-electron chi connectivity index (χ2n) is 8.79. The van der Waals surface area contributed by atoms with E-state index in [4.69, 9.17) is 4.74 Å². The molecule has 3 nitrogen and oxygen atoms in total. The molecule has 0 atom stereocenters. The van der Waals surface area contributed by atoms with Crippen molar-refractivity contribution in [3.05, 3.63) is 151 Å². The lowest BCUT2D eigenvalue weighted by atomic mass is 10.2. The van der Waals surface area contributed by atoms with E-state index in [1.165, 1.54) is 0 Å². The highest BCUT2D eigenvalue weighted by Crippen LogP contribution is 2.51. The molecule has 0 fully saturated rings. The molecule has 0 aliphatic carbocycles. The summed E-state index contributed by atoms with van der Waals surface area (Å²) in [6.45, 7) is 0. The van der Waals surface area contributed by atoms with Crippen LogP contribution in [0.3, 0.4) is 0 Å². The zero-order chi connectivity index (χ0) is 25.1. The minimum atomic E-state index is -2.57. The van der Waals surface area contributed by atoms with Crippen molar-refractivity contribution in [1.29, 1.82) is 0 Å². The molecule has 0 amide bonds. The van der Waals surface area contributed by atoms with Crippen LogP contribution in [0.25, 0.3) is 16.6 Å². The van der Waals surface area contributed by atoms with E-state index in [9.17, 15) is 4.79 Å². The van der Waals surface area contributed by atoms with Crippen molar-refractivity contribution in [2.45, 2.75) is 0 Å². The van der Waals surface area contributed by atoms with Gasteiger partial charge in [0, 0.05) is 27.0 Å². The number of hydrogen-bond donors (Lipinski definition) is 0. The largest absolute Gasteiger partial charge is 0.298 e. The van der Waals surface area contributed by atoms with Crippen LogP contribution in [-0.2, 0) is 0 Å². The van der Waals surface area contributed by atoms with Gasteiger partial charge in [0.2, 0.25) is 0 Å². The molecule has 0 spiro atoms. The SMILES string of the molecule is O=Cc1c(N=P(c2ccccc2)(c2ccccc2)c2ccccc2)n(-c2ccccc2)c2ccccc12. The average Bonchev–Trinajstić information content (AvgIpc) is 3.30. The Labute approximate surface area is 216 Å². The number of aldehydes is 1. The fourth-order valence-electron chi connectivity index (χ4n) is 5.00. The van der Waals surface area contributed by atoms with E-state index in [0.717, 1.165) is 38.8 Å². The normalized spacial score (nSPS) is 11.4. The van der Waals surface area contributed by atoms with Crippen LogP contribution in [0, 0.1) is 0 Å². The highest BCUT2D eigenvalue weighted by atomic mass is 31.2. The molecule has 0 aliphatic rings. The Morgan fingerprint density at radius 2 is 0.973 bits per heavy atom. The summed E-state index contributed by atoms with van der Waals surface area (Å²) in [5, 5.41) is 4.30. The number of fused-ring (bicyclic) bond motifs is 1. The van der Waals surface area contributed by atoms with Crippen LogP contribution in [0.2, 0.25) is 0 Å². The summed E-state index contributed by atoms with van der Waals surface area (Å²) < 4.78 is 7.86. The molecular weight excluding hydrogens is 471 g/mol. The Bertz CT molecular complexity index is 1620. The molecule has 1 heterocycles. The van der Waals surface area contributed by atoms with Crippen molar-refractivity contribution >= 4 is 46.0 Å². The van der Waals surface area contributed by atoms with Gasteiger partial charge in [-0.25, -0.2) is 4.74 Å². The van der Waals surface area contributed by atoms with Gasteiger partial charge in [-0.2, -0.15) is 0 Å². The van der Waals surface area contributed by atoms with Crippen molar-refractivity contribution in [3.63, 3.8) is 0 Å². The van der Waals surface area contributed by atoms with Gasteiger partial charge in [-0.15, -0.1) is 0 Å². The summed E-state index contributed by atoms with van der Waals surface area (Å²) in [6, 6.07) is 49.7. The van der Waals surface area contributed by atoms with Crippen LogP contribution in [-0.4, -0.2) is 10.9 Å². The Hall–Kier alpha value is -4.46. The number of carbonyl (C=O) groups is 1. The number of para-hydroxylation sites is 2. The van der Waals surface area contributed by atoms with Crippen molar-refractivity contribution in [2.24, 2.45) is 4.74 Å². The van der Waals surface area contributed by atoms with Crippen LogP contribution < -0.4 is 15.9 Å². The molecule has 0 radical (unpaired) electrons. The fourth-order valence-corrected chi connectivity index (χ4v) is 8.53. The summed E-state index contributed by atoms with van der Waals surface area (Å²) >= 11 is 0. The molecule has 1 aromatic heterocycles. The van der Waals surface area contributed by atoms with Crippen LogP contribution >= 0.6 is 7.05 Å². The van der Waals surface area contributed by atoms with Gasteiger partial charge < -0.3 is 0 Å². The lowest BCUT2D eigenvalue weighted by molar-refractivity contribution is 0.112. The summed E-state index contributed by atoms with van der Waals surface area (Å²) in [5.74, 6) is 0.673. The molecule has 178 valence electrons. The number of carbonyl (C=O) groups excluding carboxylic acids is 1. The molecule has 0 saturated heterocycles. The third kappa shape index (κ3) is 3.94. The van der Waals surface area contributed by atoms with Gasteiger partial charge in [0.15, 0.2) is 6.29 Å². The third-order valence-electron chi connectivity index (χ3n) is 6.65. The van der Waals surface area contributed by atoms with E-state index in [2.05, 4.69) is 95.6 Å². The predicted octanol–water partition coefficient (Wildman–Crippen LogP) is 7.25. The van der Waals surface area contributed by atoms with Gasteiger partial charge in [0.25, 0.3) is 0 Å². The summed E-state index contributed by atoms with van der Waals surface area (Å²) in [4.78, 5) is 12.7. The molecule has 0 N–H and O–H groups in total. The Balaban J connectivity index is 1.85. The molecule has 0 bridgehead atoms. The van der Waals surface area contributed by atoms with Crippen molar-refractivity contribution in [1.82, 2.24) is 4.57 Å². The van der Waals surface area contributed by atoms with Crippen molar-refractivity contribution in [2.75, 3.05) is 0 Å². The third-order valence-corrected chi connectivity index (χ3v) is 10.3. The molecule has 5 aromatic carbocycles. The molecule has 0 unspecified atom stereocenters. The van der Waals surface area contributed by atoms with Crippen LogP contribution in [0.5, 0.6) is 0 Å². The maximum Gasteiger partial charge on any atom is 0.154 e. The molecular formula is C33H25N2OP. The minimum Gasteiger partial charge on any atom is -0.298 e. The molecule has 37 heavy (non-hydrogen) atoms. The van der Waals surface area contributed by atoms with Gasteiger partial charge in [-0.05, 0) is 18.2 Å². The number of rotatable bonds is 6. The number of benzene rings is 5. The Morgan fingerprint density at radius 1 is 0.541 bits per heavy atom. The highest BCUT2D eigenvalue weighted by Gasteiger charge is 2.29. The summed E-state index contributed by atoms with van der Waals surface area (Å²) in [7, 11) is -2.57. The number of nitrogens with zero attached hydrogens (tertiary/aromatic N) is 2. The zero-order valence-electron chi connectivity index (χ0n) is 20.2. The minimum absolute atomic E-state index is 0.603. The fraction of sp³-hybridized carbons (Fsp3) is 0. The topological polar surface area (TPSA) is 34.4 Å². The Morgan fingerprint density at radius 3 is 1.46 bits per heavy atom. The second-order valence-corrected chi connectivity index (χ2v) is 11.8. The second kappa shape index (κ2) is 9.89. The van der Waals surface area contributed by atoms with Crippen LogP contribution in [0.1, 0.15) is 10.4 Å². The summed E-state index contributed by atoms with van der Waals surface area (Å²) in [5.41, 5.74) is 2.53. The lowest BCUT2D eigenvalue weighted by Crippen LogP contribution is -2.25. The van der Waals surface area contributed by atoms with Gasteiger partial charge in [-0.1, -0.05) is 127 Å². The van der Waals surface area contributed by atoms with E-state index in [1.807, 2.05) is 54.6 Å². The number of hydrogen-bond acceptors (Lipinski definition) is 2. The van der Waals surface area contributed by atoms with Crippen LogP contribution in [0.4, 0.5) is 5.82 Å². The first-order chi connectivity index (χ1) is 18.3.